The van der Waals surface area contributed by atoms with Crippen molar-refractivity contribution in [2.24, 2.45) is 0 Å². The standard InChI is InChI=1S/C12H15NO3/c1-7(2)16-12(15)10-9-5-3-4-8(9)6-13-11(10)14/h6-7H,3-5H2,1-2H3,(H,13,14). The fourth-order valence-corrected chi connectivity index (χ4v) is 2.06. The molecule has 4 nitrogen and oxygen atoms in total. The monoisotopic (exact) mass is 221 g/mol. The number of ether oxygens (including phenoxy) is 1. The molecule has 0 unspecified atom stereocenters. The first-order valence-electron chi connectivity index (χ1n) is 5.54. The molecule has 0 radical (unpaired) electrons. The van der Waals surface area contributed by atoms with Crippen molar-refractivity contribution < 1.29 is 9.53 Å². The smallest absolute Gasteiger partial charge is 0.344 e. The minimum atomic E-state index is -0.505. The molecule has 1 aromatic heterocycles. The van der Waals surface area contributed by atoms with E-state index >= 15 is 0 Å². The number of esters is 1. The van der Waals surface area contributed by atoms with Crippen molar-refractivity contribution in [3.05, 3.63) is 33.2 Å². The van der Waals surface area contributed by atoms with Crippen LogP contribution in [-0.2, 0) is 17.6 Å². The molecule has 0 atom stereocenters. The molecule has 0 spiro atoms. The molecular formula is C12H15NO3. The number of hydrogen-bond acceptors (Lipinski definition) is 3. The van der Waals surface area contributed by atoms with Crippen molar-refractivity contribution in [2.75, 3.05) is 0 Å². The molecule has 1 N–H and O–H groups in total. The van der Waals surface area contributed by atoms with Gasteiger partial charge in [0.1, 0.15) is 5.56 Å². The number of nitrogens with one attached hydrogen (secondary N) is 1. The second kappa shape index (κ2) is 4.12. The molecule has 0 bridgehead atoms. The Hall–Kier alpha value is -1.58. The Morgan fingerprint density at radius 1 is 1.44 bits per heavy atom. The number of fused-ring (bicyclic) bond motifs is 1. The molecule has 0 amide bonds. The molecule has 16 heavy (non-hydrogen) atoms. The minimum absolute atomic E-state index is 0.198. The summed E-state index contributed by atoms with van der Waals surface area (Å²) in [6.45, 7) is 3.55. The zero-order chi connectivity index (χ0) is 11.7. The molecule has 0 aliphatic heterocycles. The molecular weight excluding hydrogens is 206 g/mol. The summed E-state index contributed by atoms with van der Waals surface area (Å²) >= 11 is 0. The van der Waals surface area contributed by atoms with Crippen molar-refractivity contribution in [3.63, 3.8) is 0 Å². The van der Waals surface area contributed by atoms with Gasteiger partial charge in [-0.3, -0.25) is 4.79 Å². The number of carbonyl (C=O) groups excluding carboxylic acids is 1. The number of aromatic nitrogens is 1. The maximum Gasteiger partial charge on any atom is 0.344 e. The summed E-state index contributed by atoms with van der Waals surface area (Å²) in [5.41, 5.74) is 1.79. The van der Waals surface area contributed by atoms with Crippen molar-refractivity contribution in [1.29, 1.82) is 0 Å². The fourth-order valence-electron chi connectivity index (χ4n) is 2.06. The third kappa shape index (κ3) is 1.87. The van der Waals surface area contributed by atoms with E-state index in [-0.39, 0.29) is 17.2 Å². The van der Waals surface area contributed by atoms with Crippen molar-refractivity contribution in [2.45, 2.75) is 39.2 Å². The third-order valence-corrected chi connectivity index (χ3v) is 2.71. The first-order valence-corrected chi connectivity index (χ1v) is 5.54. The van der Waals surface area contributed by atoms with Gasteiger partial charge in [0.25, 0.3) is 5.56 Å². The van der Waals surface area contributed by atoms with Crippen molar-refractivity contribution >= 4 is 5.97 Å². The van der Waals surface area contributed by atoms with E-state index < -0.39 is 5.97 Å². The molecule has 1 heterocycles. The predicted octanol–water partition coefficient (Wildman–Crippen LogP) is 1.43. The van der Waals surface area contributed by atoms with E-state index in [1.54, 1.807) is 20.0 Å². The number of H-pyrrole nitrogens is 1. The molecule has 1 aliphatic rings. The Kier molecular flexibility index (Phi) is 2.81. The number of hydrogen-bond donors (Lipinski definition) is 1. The van der Waals surface area contributed by atoms with Gasteiger partial charge in [-0.1, -0.05) is 0 Å². The summed E-state index contributed by atoms with van der Waals surface area (Å²) in [7, 11) is 0. The average Bonchev–Trinajstić information content (AvgIpc) is 2.63. The second-order valence-electron chi connectivity index (χ2n) is 4.30. The zero-order valence-corrected chi connectivity index (χ0v) is 9.50. The Morgan fingerprint density at radius 3 is 2.88 bits per heavy atom. The van der Waals surface area contributed by atoms with Crippen LogP contribution in [0.25, 0.3) is 0 Å². The largest absolute Gasteiger partial charge is 0.459 e. The Labute approximate surface area is 93.6 Å². The van der Waals surface area contributed by atoms with Crippen LogP contribution in [0.1, 0.15) is 41.8 Å². The lowest BCUT2D eigenvalue weighted by Crippen LogP contribution is -2.24. The first kappa shape index (κ1) is 10.9. The topological polar surface area (TPSA) is 59.2 Å². The van der Waals surface area contributed by atoms with E-state index in [0.717, 1.165) is 30.4 Å². The van der Waals surface area contributed by atoms with Gasteiger partial charge in [-0.25, -0.2) is 4.79 Å². The molecule has 1 aromatic rings. The number of aromatic amines is 1. The lowest BCUT2D eigenvalue weighted by molar-refractivity contribution is 0.0374. The van der Waals surface area contributed by atoms with Gasteiger partial charge in [0, 0.05) is 6.20 Å². The maximum absolute atomic E-state index is 11.8. The molecule has 0 aromatic carbocycles. The Bertz CT molecular complexity index is 474. The van der Waals surface area contributed by atoms with E-state index in [2.05, 4.69) is 4.98 Å². The van der Waals surface area contributed by atoms with Crippen LogP contribution in [0, 0.1) is 0 Å². The van der Waals surface area contributed by atoms with Crippen LogP contribution in [0.15, 0.2) is 11.0 Å². The van der Waals surface area contributed by atoms with Crippen LogP contribution in [0.2, 0.25) is 0 Å². The minimum Gasteiger partial charge on any atom is -0.459 e. The van der Waals surface area contributed by atoms with Crippen molar-refractivity contribution in [1.82, 2.24) is 4.98 Å². The molecule has 1 aliphatic carbocycles. The quantitative estimate of drug-likeness (QED) is 0.768. The van der Waals surface area contributed by atoms with Gasteiger partial charge in [0.2, 0.25) is 0 Å². The SMILES string of the molecule is CC(C)OC(=O)c1c2c(c[nH]c1=O)CCC2. The van der Waals surface area contributed by atoms with E-state index in [0.29, 0.717) is 0 Å². The summed E-state index contributed by atoms with van der Waals surface area (Å²) in [6, 6.07) is 0. The van der Waals surface area contributed by atoms with Crippen LogP contribution in [-0.4, -0.2) is 17.1 Å². The number of pyridine rings is 1. The van der Waals surface area contributed by atoms with E-state index in [1.165, 1.54) is 0 Å². The van der Waals surface area contributed by atoms with E-state index in [9.17, 15) is 9.59 Å². The summed E-state index contributed by atoms with van der Waals surface area (Å²) in [5, 5.41) is 0. The van der Waals surface area contributed by atoms with E-state index in [1.807, 2.05) is 0 Å². The lowest BCUT2D eigenvalue weighted by atomic mass is 10.1. The summed E-state index contributed by atoms with van der Waals surface area (Å²) in [6.07, 6.45) is 4.21. The lowest BCUT2D eigenvalue weighted by Gasteiger charge is -2.10. The van der Waals surface area contributed by atoms with Gasteiger partial charge < -0.3 is 9.72 Å². The molecule has 0 saturated heterocycles. The molecule has 0 saturated carbocycles. The van der Waals surface area contributed by atoms with Crippen LogP contribution in [0.4, 0.5) is 0 Å². The van der Waals surface area contributed by atoms with Gasteiger partial charge in [-0.05, 0) is 44.2 Å². The van der Waals surface area contributed by atoms with Crippen LogP contribution in [0.5, 0.6) is 0 Å². The third-order valence-electron chi connectivity index (χ3n) is 2.71. The highest BCUT2D eigenvalue weighted by Gasteiger charge is 2.23. The first-order chi connectivity index (χ1) is 7.59. The fraction of sp³-hybridized carbons (Fsp3) is 0.500. The highest BCUT2D eigenvalue weighted by molar-refractivity contribution is 5.91. The highest BCUT2D eigenvalue weighted by Crippen LogP contribution is 2.22. The van der Waals surface area contributed by atoms with Crippen LogP contribution in [0.3, 0.4) is 0 Å². The van der Waals surface area contributed by atoms with Crippen LogP contribution < -0.4 is 5.56 Å². The molecule has 86 valence electrons. The van der Waals surface area contributed by atoms with Crippen molar-refractivity contribution in [3.8, 4) is 0 Å². The number of aryl methyl sites for hydroxylation is 1. The molecule has 4 heteroatoms. The van der Waals surface area contributed by atoms with Gasteiger partial charge >= 0.3 is 5.97 Å². The highest BCUT2D eigenvalue weighted by atomic mass is 16.5. The van der Waals surface area contributed by atoms with Gasteiger partial charge in [0.15, 0.2) is 0 Å². The average molecular weight is 221 g/mol. The van der Waals surface area contributed by atoms with Gasteiger partial charge in [-0.2, -0.15) is 0 Å². The summed E-state index contributed by atoms with van der Waals surface area (Å²) in [5.74, 6) is -0.505. The number of carbonyl (C=O) groups is 1. The second-order valence-corrected chi connectivity index (χ2v) is 4.30. The maximum atomic E-state index is 11.8. The Morgan fingerprint density at radius 2 is 2.19 bits per heavy atom. The van der Waals surface area contributed by atoms with Gasteiger partial charge in [-0.15, -0.1) is 0 Å². The zero-order valence-electron chi connectivity index (χ0n) is 9.50. The Balaban J connectivity index is 2.44. The van der Waals surface area contributed by atoms with Gasteiger partial charge in [0.05, 0.1) is 6.10 Å². The van der Waals surface area contributed by atoms with Crippen LogP contribution >= 0.6 is 0 Å². The number of rotatable bonds is 2. The summed E-state index contributed by atoms with van der Waals surface area (Å²) in [4.78, 5) is 26.0. The predicted molar refractivity (Wildman–Crippen MR) is 59.6 cm³/mol. The normalized spacial score (nSPS) is 13.9. The summed E-state index contributed by atoms with van der Waals surface area (Å²) < 4.78 is 5.08. The van der Waals surface area contributed by atoms with E-state index in [4.69, 9.17) is 4.74 Å². The molecule has 2 rings (SSSR count). The molecule has 0 fully saturated rings.